The summed E-state index contributed by atoms with van der Waals surface area (Å²) in [4.78, 5) is 8.89. The molecule has 0 saturated heterocycles. The van der Waals surface area contributed by atoms with E-state index in [0.29, 0.717) is 42.9 Å². The second-order valence-corrected chi connectivity index (χ2v) is 5.61. The van der Waals surface area contributed by atoms with Gasteiger partial charge in [-0.3, -0.25) is 4.90 Å². The van der Waals surface area contributed by atoms with Gasteiger partial charge < -0.3 is 4.74 Å². The van der Waals surface area contributed by atoms with Crippen molar-refractivity contribution in [1.29, 1.82) is 0 Å². The molecule has 3 rings (SSSR count). The molecule has 0 amide bonds. The predicted octanol–water partition coefficient (Wildman–Crippen LogP) is 3.66. The minimum absolute atomic E-state index is 0.0898. The lowest BCUT2D eigenvalue weighted by Crippen LogP contribution is -2.31. The van der Waals surface area contributed by atoms with Gasteiger partial charge in [0.05, 0.1) is 5.69 Å². The van der Waals surface area contributed by atoms with Gasteiger partial charge in [-0.15, -0.1) is 0 Å². The van der Waals surface area contributed by atoms with E-state index >= 15 is 0 Å². The van der Waals surface area contributed by atoms with Crippen LogP contribution >= 0.6 is 0 Å². The van der Waals surface area contributed by atoms with E-state index in [-0.39, 0.29) is 5.75 Å². The Morgan fingerprint density at radius 3 is 2.68 bits per heavy atom. The topological polar surface area (TPSA) is 38.2 Å². The molecule has 0 atom stereocenters. The van der Waals surface area contributed by atoms with Crippen LogP contribution in [-0.4, -0.2) is 28.0 Å². The first-order valence-electron chi connectivity index (χ1n) is 7.50. The van der Waals surface area contributed by atoms with Crippen molar-refractivity contribution < 1.29 is 26.7 Å². The average Bonchev–Trinajstić information content (AvgIpc) is 2.55. The number of benzene rings is 1. The Labute approximate surface area is 140 Å². The molecule has 0 bridgehead atoms. The quantitative estimate of drug-likeness (QED) is 0.781. The van der Waals surface area contributed by atoms with Gasteiger partial charge in [-0.25, -0.2) is 9.97 Å². The monoisotopic (exact) mass is 359 g/mol. The standard InChI is InChI=1S/C16H14F5N3O/c17-15(18)25-13-4-2-1-3-10(13)8-24-6-5-12-11(9-24)7-22-14(23-12)16(19,20)21/h1-4,7,15H,5-6,8-9H2. The molecule has 2 aromatic rings. The van der Waals surface area contributed by atoms with Crippen LogP contribution in [0.3, 0.4) is 0 Å². The number of ether oxygens (including phenoxy) is 1. The summed E-state index contributed by atoms with van der Waals surface area (Å²) in [6, 6.07) is 6.44. The highest BCUT2D eigenvalue weighted by molar-refractivity contribution is 5.33. The van der Waals surface area contributed by atoms with Crippen LogP contribution in [0.25, 0.3) is 0 Å². The van der Waals surface area contributed by atoms with E-state index in [2.05, 4.69) is 14.7 Å². The molecule has 2 heterocycles. The van der Waals surface area contributed by atoms with Gasteiger partial charge in [0, 0.05) is 43.4 Å². The van der Waals surface area contributed by atoms with E-state index in [4.69, 9.17) is 0 Å². The zero-order valence-electron chi connectivity index (χ0n) is 12.9. The fraction of sp³-hybridized carbons (Fsp3) is 0.375. The van der Waals surface area contributed by atoms with E-state index in [9.17, 15) is 22.0 Å². The lowest BCUT2D eigenvalue weighted by Gasteiger charge is -2.28. The Morgan fingerprint density at radius 2 is 1.96 bits per heavy atom. The highest BCUT2D eigenvalue weighted by Crippen LogP contribution is 2.29. The lowest BCUT2D eigenvalue weighted by molar-refractivity contribution is -0.145. The number of aromatic nitrogens is 2. The van der Waals surface area contributed by atoms with E-state index < -0.39 is 18.6 Å². The minimum Gasteiger partial charge on any atom is -0.434 e. The minimum atomic E-state index is -4.57. The third-order valence-electron chi connectivity index (χ3n) is 3.85. The summed E-state index contributed by atoms with van der Waals surface area (Å²) in [5, 5.41) is 0. The highest BCUT2D eigenvalue weighted by atomic mass is 19.4. The molecule has 0 N–H and O–H groups in total. The van der Waals surface area contributed by atoms with Gasteiger partial charge in [0.2, 0.25) is 5.82 Å². The van der Waals surface area contributed by atoms with Crippen LogP contribution in [0, 0.1) is 0 Å². The van der Waals surface area contributed by atoms with Crippen LogP contribution in [0.15, 0.2) is 30.5 Å². The molecule has 25 heavy (non-hydrogen) atoms. The molecule has 1 aliphatic rings. The van der Waals surface area contributed by atoms with Crippen LogP contribution in [0.1, 0.15) is 22.6 Å². The molecular formula is C16H14F5N3O. The molecule has 0 aliphatic carbocycles. The summed E-state index contributed by atoms with van der Waals surface area (Å²) in [5.41, 5.74) is 1.56. The number of halogens is 5. The Balaban J connectivity index is 1.74. The highest BCUT2D eigenvalue weighted by Gasteiger charge is 2.35. The number of para-hydroxylation sites is 1. The van der Waals surface area contributed by atoms with Crippen LogP contribution in [-0.2, 0) is 25.7 Å². The number of hydrogen-bond donors (Lipinski definition) is 0. The van der Waals surface area contributed by atoms with Crippen molar-refractivity contribution in [2.24, 2.45) is 0 Å². The third-order valence-corrected chi connectivity index (χ3v) is 3.85. The van der Waals surface area contributed by atoms with Crippen LogP contribution in [0.2, 0.25) is 0 Å². The van der Waals surface area contributed by atoms with Gasteiger partial charge in [0.15, 0.2) is 0 Å². The maximum Gasteiger partial charge on any atom is 0.451 e. The van der Waals surface area contributed by atoms with Gasteiger partial charge >= 0.3 is 12.8 Å². The number of fused-ring (bicyclic) bond motifs is 1. The number of alkyl halides is 5. The largest absolute Gasteiger partial charge is 0.451 e. The van der Waals surface area contributed by atoms with Gasteiger partial charge in [0.25, 0.3) is 0 Å². The van der Waals surface area contributed by atoms with Crippen molar-refractivity contribution in [1.82, 2.24) is 14.9 Å². The number of nitrogens with zero attached hydrogens (tertiary/aromatic N) is 3. The molecule has 0 spiro atoms. The zero-order chi connectivity index (χ0) is 18.0. The maximum atomic E-state index is 12.7. The maximum absolute atomic E-state index is 12.7. The molecule has 4 nitrogen and oxygen atoms in total. The van der Waals surface area contributed by atoms with Crippen LogP contribution in [0.4, 0.5) is 22.0 Å². The predicted molar refractivity (Wildman–Crippen MR) is 77.9 cm³/mol. The van der Waals surface area contributed by atoms with E-state index in [1.54, 1.807) is 18.2 Å². The molecule has 1 aromatic carbocycles. The molecule has 0 unspecified atom stereocenters. The molecule has 9 heteroatoms. The van der Waals surface area contributed by atoms with E-state index in [1.807, 2.05) is 4.90 Å². The summed E-state index contributed by atoms with van der Waals surface area (Å²) in [5.74, 6) is -1.05. The Bertz CT molecular complexity index is 751. The molecule has 0 radical (unpaired) electrons. The molecule has 0 fully saturated rings. The van der Waals surface area contributed by atoms with Crippen molar-refractivity contribution in [3.63, 3.8) is 0 Å². The van der Waals surface area contributed by atoms with Gasteiger partial charge in [-0.05, 0) is 6.07 Å². The van der Waals surface area contributed by atoms with E-state index in [0.717, 1.165) is 0 Å². The summed E-state index contributed by atoms with van der Waals surface area (Å²) in [6.45, 7) is -1.78. The first-order valence-corrected chi connectivity index (χ1v) is 7.50. The Morgan fingerprint density at radius 1 is 1.20 bits per heavy atom. The fourth-order valence-corrected chi connectivity index (χ4v) is 2.73. The first kappa shape index (κ1) is 17.5. The van der Waals surface area contributed by atoms with Crippen LogP contribution < -0.4 is 4.74 Å². The summed E-state index contributed by atoms with van der Waals surface area (Å²) < 4.78 is 67.4. The van der Waals surface area contributed by atoms with Gasteiger partial charge in [0.1, 0.15) is 5.75 Å². The third kappa shape index (κ3) is 4.22. The van der Waals surface area contributed by atoms with Crippen molar-refractivity contribution in [2.75, 3.05) is 6.54 Å². The molecule has 1 aliphatic heterocycles. The lowest BCUT2D eigenvalue weighted by atomic mass is 10.1. The Hall–Kier alpha value is -2.29. The van der Waals surface area contributed by atoms with E-state index in [1.165, 1.54) is 12.3 Å². The summed E-state index contributed by atoms with van der Waals surface area (Å²) >= 11 is 0. The SMILES string of the molecule is FC(F)Oc1ccccc1CN1CCc2nc(C(F)(F)F)ncc2C1. The normalized spacial score (nSPS) is 15.3. The second kappa shape index (κ2) is 6.91. The first-order chi connectivity index (χ1) is 11.8. The molecular weight excluding hydrogens is 345 g/mol. The van der Waals surface area contributed by atoms with Crippen molar-refractivity contribution in [2.45, 2.75) is 32.3 Å². The average molecular weight is 359 g/mol. The van der Waals surface area contributed by atoms with Crippen molar-refractivity contribution >= 4 is 0 Å². The molecule has 134 valence electrons. The Kier molecular flexibility index (Phi) is 4.85. The molecule has 0 saturated carbocycles. The van der Waals surface area contributed by atoms with Crippen molar-refractivity contribution in [3.05, 3.63) is 53.1 Å². The number of hydrogen-bond acceptors (Lipinski definition) is 4. The van der Waals surface area contributed by atoms with Gasteiger partial charge in [-0.1, -0.05) is 18.2 Å². The summed E-state index contributed by atoms with van der Waals surface area (Å²) in [7, 11) is 0. The fourth-order valence-electron chi connectivity index (χ4n) is 2.73. The number of rotatable bonds is 4. The molecule has 1 aromatic heterocycles. The smallest absolute Gasteiger partial charge is 0.434 e. The zero-order valence-corrected chi connectivity index (χ0v) is 12.9. The second-order valence-electron chi connectivity index (χ2n) is 5.61. The summed E-state index contributed by atoms with van der Waals surface area (Å²) in [6.07, 6.45) is -3.06. The van der Waals surface area contributed by atoms with Crippen LogP contribution in [0.5, 0.6) is 5.75 Å². The van der Waals surface area contributed by atoms with Gasteiger partial charge in [-0.2, -0.15) is 22.0 Å². The van der Waals surface area contributed by atoms with Crippen molar-refractivity contribution in [3.8, 4) is 5.75 Å².